The number of halogens is 1. The molecule has 1 saturated heterocycles. The van der Waals surface area contributed by atoms with Crippen LogP contribution >= 0.6 is 35.6 Å². The molecule has 0 N–H and O–H groups in total. The van der Waals surface area contributed by atoms with Crippen LogP contribution in [-0.2, 0) is 10.2 Å². The van der Waals surface area contributed by atoms with Crippen LogP contribution in [0.2, 0.25) is 5.02 Å². The van der Waals surface area contributed by atoms with Crippen molar-refractivity contribution in [1.82, 2.24) is 4.90 Å². The summed E-state index contributed by atoms with van der Waals surface area (Å²) < 4.78 is 12.4. The fourth-order valence-corrected chi connectivity index (χ4v) is 4.72. The smallest absolute Gasteiger partial charge is 0.266 e. The van der Waals surface area contributed by atoms with Crippen molar-refractivity contribution in [3.8, 4) is 11.5 Å². The third kappa shape index (κ3) is 6.27. The van der Waals surface area contributed by atoms with E-state index in [0.717, 1.165) is 17.7 Å². The van der Waals surface area contributed by atoms with E-state index in [1.54, 1.807) is 23.1 Å². The van der Waals surface area contributed by atoms with Crippen LogP contribution in [0.3, 0.4) is 0 Å². The molecule has 0 atom stereocenters. The maximum absolute atomic E-state index is 12.5. The number of nitrogens with zero attached hydrogens (tertiary/aromatic N) is 1. The summed E-state index contributed by atoms with van der Waals surface area (Å²) in [5.74, 6) is 1.44. The summed E-state index contributed by atoms with van der Waals surface area (Å²) in [6.07, 6.45) is 2.52. The van der Waals surface area contributed by atoms with Gasteiger partial charge in [-0.25, -0.2) is 0 Å². The normalized spacial score (nSPS) is 15.5. The summed E-state index contributed by atoms with van der Waals surface area (Å²) in [5, 5.41) is 0.580. The van der Waals surface area contributed by atoms with Gasteiger partial charge in [-0.1, -0.05) is 68.5 Å². The van der Waals surface area contributed by atoms with E-state index in [9.17, 15) is 4.79 Å². The number of ether oxygens (including phenoxy) is 2. The zero-order valence-corrected chi connectivity index (χ0v) is 21.2. The largest absolute Gasteiger partial charge is 0.493 e. The van der Waals surface area contributed by atoms with Gasteiger partial charge in [-0.2, -0.15) is 0 Å². The number of benzene rings is 2. The predicted molar refractivity (Wildman–Crippen MR) is 138 cm³/mol. The molecule has 32 heavy (non-hydrogen) atoms. The van der Waals surface area contributed by atoms with Gasteiger partial charge in [0.25, 0.3) is 5.91 Å². The summed E-state index contributed by atoms with van der Waals surface area (Å²) in [5.41, 5.74) is 2.16. The number of rotatable bonds is 8. The summed E-state index contributed by atoms with van der Waals surface area (Å²) in [4.78, 5) is 14.7. The van der Waals surface area contributed by atoms with Crippen molar-refractivity contribution in [2.45, 2.75) is 39.5 Å². The van der Waals surface area contributed by atoms with Crippen LogP contribution in [0.15, 0.2) is 47.4 Å². The Balaban J connectivity index is 1.56. The lowest BCUT2D eigenvalue weighted by Crippen LogP contribution is -2.27. The fraction of sp³-hybridized carbons (Fsp3) is 0.360. The fourth-order valence-electron chi connectivity index (χ4n) is 3.16. The number of likely N-dealkylation sites (N-methyl/N-ethyl adjacent to an activating group) is 1. The third-order valence-corrected chi connectivity index (χ3v) is 6.60. The van der Waals surface area contributed by atoms with Crippen molar-refractivity contribution < 1.29 is 14.3 Å². The van der Waals surface area contributed by atoms with Gasteiger partial charge in [0.2, 0.25) is 0 Å². The minimum Gasteiger partial charge on any atom is -0.493 e. The molecular formula is C25H28ClNO3S2. The van der Waals surface area contributed by atoms with Crippen LogP contribution in [-0.4, -0.2) is 34.9 Å². The first kappa shape index (κ1) is 24.6. The van der Waals surface area contributed by atoms with Gasteiger partial charge in [0.1, 0.15) is 15.8 Å². The van der Waals surface area contributed by atoms with Crippen LogP contribution in [0, 0.1) is 0 Å². The summed E-state index contributed by atoms with van der Waals surface area (Å²) >= 11 is 12.8. The quantitative estimate of drug-likeness (QED) is 0.234. The first-order chi connectivity index (χ1) is 15.2. The predicted octanol–water partition coefficient (Wildman–Crippen LogP) is 6.71. The van der Waals surface area contributed by atoms with E-state index in [-0.39, 0.29) is 11.3 Å². The SMILES string of the molecule is CCN1C(=O)/C(=C/c2cc(Cl)ccc2OCCCOc2ccc(C(C)(C)C)cc2)SC1=S. The number of thiocarbonyl (C=S) groups is 1. The lowest BCUT2D eigenvalue weighted by molar-refractivity contribution is -0.121. The van der Waals surface area contributed by atoms with Crippen LogP contribution < -0.4 is 9.47 Å². The van der Waals surface area contributed by atoms with Crippen molar-refractivity contribution >= 4 is 51.9 Å². The average molecular weight is 490 g/mol. The monoisotopic (exact) mass is 489 g/mol. The molecule has 0 radical (unpaired) electrons. The van der Waals surface area contributed by atoms with Gasteiger partial charge in [-0.05, 0) is 54.3 Å². The minimum absolute atomic E-state index is 0.0840. The molecule has 0 saturated carbocycles. The van der Waals surface area contributed by atoms with Gasteiger partial charge in [0.05, 0.1) is 18.1 Å². The van der Waals surface area contributed by atoms with Gasteiger partial charge >= 0.3 is 0 Å². The Bertz CT molecular complexity index is 1010. The number of hydrogen-bond donors (Lipinski definition) is 0. The Morgan fingerprint density at radius 2 is 1.78 bits per heavy atom. The molecule has 0 spiro atoms. The maximum Gasteiger partial charge on any atom is 0.266 e. The van der Waals surface area contributed by atoms with E-state index in [1.807, 2.05) is 25.1 Å². The van der Waals surface area contributed by atoms with E-state index in [4.69, 9.17) is 33.3 Å². The zero-order chi connectivity index (χ0) is 23.3. The first-order valence-corrected chi connectivity index (χ1v) is 12.2. The number of carbonyl (C=O) groups excluding carboxylic acids is 1. The second-order valence-corrected chi connectivity index (χ2v) is 10.5. The molecule has 1 aliphatic rings. The van der Waals surface area contributed by atoms with Crippen molar-refractivity contribution in [2.24, 2.45) is 0 Å². The van der Waals surface area contributed by atoms with Crippen LogP contribution in [0.1, 0.15) is 45.2 Å². The summed E-state index contributed by atoms with van der Waals surface area (Å²) in [6, 6.07) is 13.6. The Morgan fingerprint density at radius 3 is 2.41 bits per heavy atom. The highest BCUT2D eigenvalue weighted by Gasteiger charge is 2.30. The maximum atomic E-state index is 12.5. The molecule has 170 valence electrons. The molecule has 1 heterocycles. The number of amides is 1. The lowest BCUT2D eigenvalue weighted by Gasteiger charge is -2.19. The number of carbonyl (C=O) groups is 1. The Morgan fingerprint density at radius 1 is 1.09 bits per heavy atom. The molecule has 4 nitrogen and oxygen atoms in total. The molecule has 0 aliphatic carbocycles. The average Bonchev–Trinajstić information content (AvgIpc) is 3.01. The van der Waals surface area contributed by atoms with Gasteiger partial charge in [0, 0.05) is 23.6 Å². The zero-order valence-electron chi connectivity index (χ0n) is 18.8. The van der Waals surface area contributed by atoms with Crippen LogP contribution in [0.5, 0.6) is 11.5 Å². The molecule has 0 bridgehead atoms. The molecule has 7 heteroatoms. The highest BCUT2D eigenvalue weighted by molar-refractivity contribution is 8.26. The summed E-state index contributed by atoms with van der Waals surface area (Å²) in [7, 11) is 0. The lowest BCUT2D eigenvalue weighted by atomic mass is 9.87. The van der Waals surface area contributed by atoms with Crippen molar-refractivity contribution in [1.29, 1.82) is 0 Å². The second kappa shape index (κ2) is 10.7. The molecule has 2 aromatic rings. The second-order valence-electron chi connectivity index (χ2n) is 8.43. The number of thioether (sulfide) groups is 1. The van der Waals surface area contributed by atoms with Crippen LogP contribution in [0.4, 0.5) is 0 Å². The molecule has 1 amide bonds. The molecule has 3 rings (SSSR count). The van der Waals surface area contributed by atoms with Crippen LogP contribution in [0.25, 0.3) is 6.08 Å². The first-order valence-electron chi connectivity index (χ1n) is 10.6. The standard InChI is InChI=1S/C25H28ClNO3S2/c1-5-27-23(28)22(32-24(27)31)16-17-15-19(26)9-12-21(17)30-14-6-13-29-20-10-7-18(8-11-20)25(2,3)4/h7-12,15-16H,5-6,13-14H2,1-4H3/b22-16-. The number of hydrogen-bond acceptors (Lipinski definition) is 5. The summed E-state index contributed by atoms with van der Waals surface area (Å²) in [6.45, 7) is 10.1. The highest BCUT2D eigenvalue weighted by atomic mass is 35.5. The molecule has 2 aromatic carbocycles. The van der Waals surface area contributed by atoms with Crippen molar-refractivity contribution in [3.05, 3.63) is 63.5 Å². The molecule has 0 unspecified atom stereocenters. The highest BCUT2D eigenvalue weighted by Crippen LogP contribution is 2.35. The van der Waals surface area contributed by atoms with Gasteiger partial charge in [0.15, 0.2) is 0 Å². The van der Waals surface area contributed by atoms with E-state index in [1.165, 1.54) is 17.3 Å². The minimum atomic E-state index is -0.0840. The molecule has 1 fully saturated rings. The van der Waals surface area contributed by atoms with E-state index >= 15 is 0 Å². The van der Waals surface area contributed by atoms with E-state index in [0.29, 0.717) is 39.8 Å². The Kier molecular flexibility index (Phi) is 8.26. The van der Waals surface area contributed by atoms with Crippen molar-refractivity contribution in [2.75, 3.05) is 19.8 Å². The molecule has 0 aromatic heterocycles. The van der Waals surface area contributed by atoms with Gasteiger partial charge in [-0.3, -0.25) is 9.69 Å². The molecular weight excluding hydrogens is 462 g/mol. The Labute approximate surface area is 204 Å². The van der Waals surface area contributed by atoms with E-state index < -0.39 is 0 Å². The molecule has 1 aliphatic heterocycles. The van der Waals surface area contributed by atoms with Gasteiger partial charge in [-0.15, -0.1) is 0 Å². The van der Waals surface area contributed by atoms with E-state index in [2.05, 4.69) is 32.9 Å². The topological polar surface area (TPSA) is 38.8 Å². The van der Waals surface area contributed by atoms with Gasteiger partial charge < -0.3 is 9.47 Å². The van der Waals surface area contributed by atoms with Crippen molar-refractivity contribution in [3.63, 3.8) is 0 Å². The Hall–Kier alpha value is -2.02. The third-order valence-electron chi connectivity index (χ3n) is 4.98.